The van der Waals surface area contributed by atoms with Crippen LogP contribution < -0.4 is 0 Å². The molecule has 0 heterocycles. The summed E-state index contributed by atoms with van der Waals surface area (Å²) in [5, 5.41) is 0. The summed E-state index contributed by atoms with van der Waals surface area (Å²) in [7, 11) is 1.52. The molecule has 0 aromatic carbocycles. The molecule has 0 aliphatic heterocycles. The Hall–Kier alpha value is -2.04. The summed E-state index contributed by atoms with van der Waals surface area (Å²) in [6.45, 7) is 13.9. The number of hydrogen-bond donors (Lipinski definition) is 0. The van der Waals surface area contributed by atoms with Crippen LogP contribution in [0.4, 0.5) is 4.79 Å². The van der Waals surface area contributed by atoms with Gasteiger partial charge in [-0.05, 0) is 80.2 Å². The molecule has 1 amide bonds. The van der Waals surface area contributed by atoms with E-state index >= 15 is 0 Å². The van der Waals surface area contributed by atoms with Gasteiger partial charge in [0.1, 0.15) is 18.8 Å². The molecule has 0 aliphatic carbocycles. The van der Waals surface area contributed by atoms with Gasteiger partial charge < -0.3 is 14.4 Å². The van der Waals surface area contributed by atoms with Crippen molar-refractivity contribution >= 4 is 12.1 Å². The lowest BCUT2D eigenvalue weighted by Gasteiger charge is -2.24. The van der Waals surface area contributed by atoms with Crippen molar-refractivity contribution in [3.8, 4) is 0 Å². The molecule has 0 radical (unpaired) electrons. The topological polar surface area (TPSA) is 55.8 Å². The van der Waals surface area contributed by atoms with Crippen molar-refractivity contribution < 1.29 is 19.1 Å². The van der Waals surface area contributed by atoms with E-state index in [9.17, 15) is 9.59 Å². The molecule has 5 heteroatoms. The number of nitrogens with zero attached hydrogens (tertiary/aromatic N) is 1. The zero-order valence-corrected chi connectivity index (χ0v) is 19.1. The van der Waals surface area contributed by atoms with E-state index in [0.29, 0.717) is 0 Å². The number of carbonyl (C=O) groups excluding carboxylic acids is 2. The fourth-order valence-corrected chi connectivity index (χ4v) is 2.26. The molecule has 160 valence electrons. The highest BCUT2D eigenvalue weighted by Gasteiger charge is 2.21. The molecule has 0 rings (SSSR count). The summed E-state index contributed by atoms with van der Waals surface area (Å²) >= 11 is 0. The second-order valence-electron chi connectivity index (χ2n) is 8.48. The molecule has 0 aromatic heterocycles. The molecule has 0 fully saturated rings. The molecule has 0 N–H and O–H groups in total. The standard InChI is InChI=1S/C23H39NO4/c1-18(2)11-9-12-19(3)13-10-14-20(4)15-16-27-21(25)17-24(8)22(26)28-23(5,6)7/h11,13,15H,9-10,12,14,16-17H2,1-8H3/b19-13+,20-15-. The van der Waals surface area contributed by atoms with Crippen LogP contribution in [0, 0.1) is 0 Å². The molecule has 0 aliphatic rings. The number of allylic oxidation sites excluding steroid dienone is 5. The van der Waals surface area contributed by atoms with Gasteiger partial charge in [0.15, 0.2) is 0 Å². The molecule has 0 saturated heterocycles. The molecule has 28 heavy (non-hydrogen) atoms. The van der Waals surface area contributed by atoms with E-state index in [-0.39, 0.29) is 13.2 Å². The van der Waals surface area contributed by atoms with Crippen LogP contribution in [0.2, 0.25) is 0 Å². The van der Waals surface area contributed by atoms with Gasteiger partial charge in [-0.3, -0.25) is 4.79 Å². The third-order valence-electron chi connectivity index (χ3n) is 3.87. The fraction of sp³-hybridized carbons (Fsp3) is 0.652. The third-order valence-corrected chi connectivity index (χ3v) is 3.87. The number of amides is 1. The SMILES string of the molecule is CC(C)=CCC/C(C)=C/CC/C(C)=C\COC(=O)CN(C)C(=O)OC(C)(C)C. The monoisotopic (exact) mass is 393 g/mol. The Morgan fingerprint density at radius 2 is 1.43 bits per heavy atom. The van der Waals surface area contributed by atoms with E-state index in [1.165, 1.54) is 28.7 Å². The van der Waals surface area contributed by atoms with Crippen LogP contribution in [-0.2, 0) is 14.3 Å². The lowest BCUT2D eigenvalue weighted by atomic mass is 10.1. The van der Waals surface area contributed by atoms with Crippen molar-refractivity contribution in [3.63, 3.8) is 0 Å². The first-order valence-corrected chi connectivity index (χ1v) is 9.95. The summed E-state index contributed by atoms with van der Waals surface area (Å²) in [5.74, 6) is -0.451. The number of esters is 1. The van der Waals surface area contributed by atoms with Gasteiger partial charge in [-0.1, -0.05) is 28.9 Å². The van der Waals surface area contributed by atoms with E-state index in [1.807, 2.05) is 13.0 Å². The van der Waals surface area contributed by atoms with E-state index in [4.69, 9.17) is 9.47 Å². The number of carbonyl (C=O) groups is 2. The summed E-state index contributed by atoms with van der Waals surface area (Å²) < 4.78 is 10.4. The Bertz CT molecular complexity index is 590. The van der Waals surface area contributed by atoms with E-state index in [0.717, 1.165) is 25.7 Å². The van der Waals surface area contributed by atoms with Crippen LogP contribution in [0.25, 0.3) is 0 Å². The smallest absolute Gasteiger partial charge is 0.410 e. The summed E-state index contributed by atoms with van der Waals surface area (Å²) in [5.41, 5.74) is 3.36. The Morgan fingerprint density at radius 1 is 0.893 bits per heavy atom. The number of hydrogen-bond acceptors (Lipinski definition) is 4. The van der Waals surface area contributed by atoms with Gasteiger partial charge in [0.2, 0.25) is 0 Å². The van der Waals surface area contributed by atoms with Crippen molar-refractivity contribution in [2.75, 3.05) is 20.2 Å². The van der Waals surface area contributed by atoms with Crippen molar-refractivity contribution in [2.45, 2.75) is 79.8 Å². The lowest BCUT2D eigenvalue weighted by Crippen LogP contribution is -2.37. The first kappa shape index (κ1) is 26.0. The van der Waals surface area contributed by atoms with Crippen LogP contribution >= 0.6 is 0 Å². The van der Waals surface area contributed by atoms with Gasteiger partial charge in [-0.2, -0.15) is 0 Å². The van der Waals surface area contributed by atoms with Crippen molar-refractivity contribution in [3.05, 3.63) is 34.9 Å². The fourth-order valence-electron chi connectivity index (χ4n) is 2.26. The molecule has 0 saturated carbocycles. The summed E-state index contributed by atoms with van der Waals surface area (Å²) in [4.78, 5) is 24.9. The maximum absolute atomic E-state index is 11.8. The highest BCUT2D eigenvalue weighted by atomic mass is 16.6. The predicted octanol–water partition coefficient (Wildman–Crippen LogP) is 5.82. The van der Waals surface area contributed by atoms with Gasteiger partial charge >= 0.3 is 12.1 Å². The predicted molar refractivity (Wildman–Crippen MR) is 115 cm³/mol. The van der Waals surface area contributed by atoms with E-state index in [2.05, 4.69) is 32.9 Å². The van der Waals surface area contributed by atoms with E-state index < -0.39 is 17.7 Å². The minimum Gasteiger partial charge on any atom is -0.460 e. The Labute approximate surface area is 171 Å². The lowest BCUT2D eigenvalue weighted by molar-refractivity contribution is -0.143. The van der Waals surface area contributed by atoms with Gasteiger partial charge in [-0.15, -0.1) is 0 Å². The summed E-state index contributed by atoms with van der Waals surface area (Å²) in [6, 6.07) is 0. The number of ether oxygens (including phenoxy) is 2. The highest BCUT2D eigenvalue weighted by Crippen LogP contribution is 2.11. The van der Waals surface area contributed by atoms with Gasteiger partial charge in [0, 0.05) is 7.05 Å². The first-order chi connectivity index (χ1) is 12.9. The Kier molecular flexibility index (Phi) is 12.2. The van der Waals surface area contributed by atoms with Crippen molar-refractivity contribution in [2.24, 2.45) is 0 Å². The zero-order valence-electron chi connectivity index (χ0n) is 19.1. The molecule has 0 aromatic rings. The molecule has 5 nitrogen and oxygen atoms in total. The Balaban J connectivity index is 4.15. The van der Waals surface area contributed by atoms with Crippen molar-refractivity contribution in [1.82, 2.24) is 4.90 Å². The second kappa shape index (κ2) is 13.2. The van der Waals surface area contributed by atoms with Crippen LogP contribution in [0.15, 0.2) is 34.9 Å². The molecule has 0 unspecified atom stereocenters. The molecular formula is C23H39NO4. The molecular weight excluding hydrogens is 354 g/mol. The number of likely N-dealkylation sites (N-methyl/N-ethyl adjacent to an activating group) is 1. The third kappa shape index (κ3) is 15.1. The average Bonchev–Trinajstić information content (AvgIpc) is 2.52. The van der Waals surface area contributed by atoms with Gasteiger partial charge in [0.05, 0.1) is 0 Å². The van der Waals surface area contributed by atoms with Crippen LogP contribution in [0.5, 0.6) is 0 Å². The van der Waals surface area contributed by atoms with Crippen LogP contribution in [0.3, 0.4) is 0 Å². The quantitative estimate of drug-likeness (QED) is 0.347. The molecule has 0 spiro atoms. The van der Waals surface area contributed by atoms with Gasteiger partial charge in [-0.25, -0.2) is 4.79 Å². The maximum atomic E-state index is 11.8. The Morgan fingerprint density at radius 3 is 1.96 bits per heavy atom. The van der Waals surface area contributed by atoms with Crippen LogP contribution in [0.1, 0.15) is 74.1 Å². The average molecular weight is 394 g/mol. The minimum absolute atomic E-state index is 0.130. The number of rotatable bonds is 10. The minimum atomic E-state index is -0.590. The van der Waals surface area contributed by atoms with Gasteiger partial charge in [0.25, 0.3) is 0 Å². The largest absolute Gasteiger partial charge is 0.460 e. The highest BCUT2D eigenvalue weighted by molar-refractivity contribution is 5.78. The molecule has 0 bridgehead atoms. The maximum Gasteiger partial charge on any atom is 0.410 e. The summed E-state index contributed by atoms with van der Waals surface area (Å²) in [6.07, 6.45) is 10.0. The first-order valence-electron chi connectivity index (χ1n) is 9.95. The zero-order chi connectivity index (χ0) is 21.7. The van der Waals surface area contributed by atoms with Crippen LogP contribution in [-0.4, -0.2) is 42.8 Å². The van der Waals surface area contributed by atoms with E-state index in [1.54, 1.807) is 20.8 Å². The van der Waals surface area contributed by atoms with Crippen molar-refractivity contribution in [1.29, 1.82) is 0 Å². The second-order valence-corrected chi connectivity index (χ2v) is 8.48. The molecule has 0 atom stereocenters. The normalized spacial score (nSPS) is 12.4.